The molecule has 4 aromatic rings. The van der Waals surface area contributed by atoms with E-state index >= 15 is 0 Å². The average molecular weight is 617 g/mol. The molecule has 0 heterocycles. The van der Waals surface area contributed by atoms with Gasteiger partial charge in [0, 0.05) is 23.5 Å². The van der Waals surface area contributed by atoms with Crippen LogP contribution < -0.4 is 20.9 Å². The third-order valence-corrected chi connectivity index (χ3v) is 6.24. The summed E-state index contributed by atoms with van der Waals surface area (Å²) < 4.78 is 94.7. The molecule has 44 heavy (non-hydrogen) atoms. The van der Waals surface area contributed by atoms with Crippen LogP contribution in [0.2, 0.25) is 0 Å². The van der Waals surface area contributed by atoms with Crippen LogP contribution in [0.5, 0.6) is 11.5 Å². The summed E-state index contributed by atoms with van der Waals surface area (Å²) in [5, 5.41) is 0. The smallest absolute Gasteiger partial charge is 0.426 e. The van der Waals surface area contributed by atoms with Crippen LogP contribution >= 0.6 is 0 Å². The molecule has 4 rings (SSSR count). The molecule has 0 aliphatic carbocycles. The lowest BCUT2D eigenvalue weighted by molar-refractivity contribution is -0.187. The number of aryl methyl sites for hydroxylation is 1. The highest BCUT2D eigenvalue weighted by Gasteiger charge is 2.35. The molecule has 0 bridgehead atoms. The number of alkyl halides is 5. The van der Waals surface area contributed by atoms with Gasteiger partial charge in [0.25, 0.3) is 0 Å². The number of carbonyl (C=O) groups is 1. The van der Waals surface area contributed by atoms with Gasteiger partial charge >= 0.3 is 18.3 Å². The van der Waals surface area contributed by atoms with Gasteiger partial charge in [-0.3, -0.25) is 0 Å². The molecule has 0 atom stereocenters. The summed E-state index contributed by atoms with van der Waals surface area (Å²) in [4.78, 5) is 12.4. The van der Waals surface area contributed by atoms with Crippen LogP contribution in [-0.4, -0.2) is 18.8 Å². The zero-order chi connectivity index (χ0) is 32.1. The zero-order valence-electron chi connectivity index (χ0n) is 23.1. The van der Waals surface area contributed by atoms with E-state index in [0.29, 0.717) is 28.6 Å². The molecule has 4 aromatic carbocycles. The standard InChI is InChI=1S/C32H26F6N2O4/c1-19-14-23(39)7-10-26(19)27-11-8-24(40)15-21(27)17-42-30(41)13-4-20-2-5-22(6-3-20)32(37,38)44-29-12-9-25(16-28(29)33)43-18-31(34,35)36/h2-16H,17-18,39-40H2,1H3/b13-4+. The van der Waals surface area contributed by atoms with Crippen LogP contribution in [0.1, 0.15) is 22.3 Å². The van der Waals surface area contributed by atoms with Crippen molar-refractivity contribution in [3.05, 3.63) is 113 Å². The molecule has 230 valence electrons. The summed E-state index contributed by atoms with van der Waals surface area (Å²) in [7, 11) is 0. The van der Waals surface area contributed by atoms with Gasteiger partial charge in [-0.15, -0.1) is 0 Å². The summed E-state index contributed by atoms with van der Waals surface area (Å²) in [6, 6.07) is 17.4. The normalized spacial score (nSPS) is 11.9. The minimum atomic E-state index is -4.65. The number of nitrogen functional groups attached to an aromatic ring is 2. The first kappa shape index (κ1) is 31.8. The highest BCUT2D eigenvalue weighted by molar-refractivity contribution is 5.87. The highest BCUT2D eigenvalue weighted by Crippen LogP contribution is 2.35. The maximum Gasteiger partial charge on any atom is 0.426 e. The van der Waals surface area contributed by atoms with Gasteiger partial charge in [0.05, 0.1) is 5.56 Å². The lowest BCUT2D eigenvalue weighted by Crippen LogP contribution is -2.22. The Kier molecular flexibility index (Phi) is 9.41. The number of halogens is 6. The van der Waals surface area contributed by atoms with E-state index in [1.165, 1.54) is 18.2 Å². The van der Waals surface area contributed by atoms with Gasteiger partial charge in [-0.2, -0.15) is 22.0 Å². The van der Waals surface area contributed by atoms with Crippen molar-refractivity contribution in [3.63, 3.8) is 0 Å². The van der Waals surface area contributed by atoms with E-state index in [1.807, 2.05) is 25.1 Å². The van der Waals surface area contributed by atoms with Crippen LogP contribution in [0.4, 0.5) is 37.7 Å². The predicted octanol–water partition coefficient (Wildman–Crippen LogP) is 7.79. The maximum atomic E-state index is 14.7. The Morgan fingerprint density at radius 1 is 0.841 bits per heavy atom. The number of anilines is 2. The molecule has 0 amide bonds. The summed E-state index contributed by atoms with van der Waals surface area (Å²) >= 11 is 0. The Morgan fingerprint density at radius 2 is 1.50 bits per heavy atom. The van der Waals surface area contributed by atoms with Crippen molar-refractivity contribution < 1.29 is 45.3 Å². The van der Waals surface area contributed by atoms with E-state index in [-0.39, 0.29) is 6.61 Å². The van der Waals surface area contributed by atoms with Gasteiger partial charge in [0.2, 0.25) is 0 Å². The van der Waals surface area contributed by atoms with E-state index in [0.717, 1.165) is 47.0 Å². The quantitative estimate of drug-likeness (QED) is 0.0817. The number of nitrogens with two attached hydrogens (primary N) is 2. The van der Waals surface area contributed by atoms with E-state index < -0.39 is 47.7 Å². The van der Waals surface area contributed by atoms with E-state index in [9.17, 15) is 31.1 Å². The Labute approximate surface area is 248 Å². The van der Waals surface area contributed by atoms with E-state index in [2.05, 4.69) is 9.47 Å². The van der Waals surface area contributed by atoms with Crippen molar-refractivity contribution in [1.29, 1.82) is 0 Å². The summed E-state index contributed by atoms with van der Waals surface area (Å²) in [5.74, 6) is -3.43. The Bertz CT molecular complexity index is 1670. The molecule has 0 saturated carbocycles. The van der Waals surface area contributed by atoms with Crippen LogP contribution in [0, 0.1) is 12.7 Å². The van der Waals surface area contributed by atoms with Gasteiger partial charge in [-0.05, 0) is 89.3 Å². The fraction of sp³-hybridized carbons (Fsp3) is 0.156. The topological polar surface area (TPSA) is 96.8 Å². The molecule has 0 saturated heterocycles. The summed E-state index contributed by atoms with van der Waals surface area (Å²) in [6.45, 7) is 0.153. The average Bonchev–Trinajstić information content (AvgIpc) is 2.95. The van der Waals surface area contributed by atoms with Gasteiger partial charge in [0.1, 0.15) is 12.4 Å². The molecule has 0 radical (unpaired) electrons. The van der Waals surface area contributed by atoms with Gasteiger partial charge < -0.3 is 25.7 Å². The summed E-state index contributed by atoms with van der Waals surface area (Å²) in [6.07, 6.45) is -6.16. The number of hydrogen-bond acceptors (Lipinski definition) is 6. The second kappa shape index (κ2) is 13.0. The number of hydrogen-bond donors (Lipinski definition) is 2. The molecular weight excluding hydrogens is 590 g/mol. The second-order valence-corrected chi connectivity index (χ2v) is 9.67. The molecule has 0 aliphatic heterocycles. The molecule has 0 spiro atoms. The Hall–Kier alpha value is -5.13. The molecule has 4 N–H and O–H groups in total. The maximum absolute atomic E-state index is 14.7. The molecule has 0 fully saturated rings. The molecule has 0 unspecified atom stereocenters. The molecule has 12 heteroatoms. The molecule has 0 aliphatic rings. The van der Waals surface area contributed by atoms with Crippen LogP contribution in [0.3, 0.4) is 0 Å². The number of benzene rings is 4. The van der Waals surface area contributed by atoms with Crippen molar-refractivity contribution >= 4 is 23.4 Å². The molecular formula is C32H26F6N2O4. The zero-order valence-corrected chi connectivity index (χ0v) is 23.1. The Balaban J connectivity index is 1.37. The predicted molar refractivity (Wildman–Crippen MR) is 153 cm³/mol. The summed E-state index contributed by atoms with van der Waals surface area (Å²) in [5.41, 5.74) is 15.9. The van der Waals surface area contributed by atoms with Gasteiger partial charge in [-0.25, -0.2) is 9.18 Å². The first-order chi connectivity index (χ1) is 20.7. The first-order valence-corrected chi connectivity index (χ1v) is 13.0. The second-order valence-electron chi connectivity index (χ2n) is 9.67. The molecule has 6 nitrogen and oxygen atoms in total. The third kappa shape index (κ3) is 8.46. The van der Waals surface area contributed by atoms with E-state index in [1.54, 1.807) is 18.2 Å². The van der Waals surface area contributed by atoms with Crippen molar-refractivity contribution in [2.75, 3.05) is 18.1 Å². The minimum absolute atomic E-state index is 0.0815. The third-order valence-electron chi connectivity index (χ3n) is 6.24. The monoisotopic (exact) mass is 616 g/mol. The number of rotatable bonds is 10. The van der Waals surface area contributed by atoms with Crippen molar-refractivity contribution in [1.82, 2.24) is 0 Å². The highest BCUT2D eigenvalue weighted by atomic mass is 19.4. The fourth-order valence-corrected chi connectivity index (χ4v) is 4.15. The van der Waals surface area contributed by atoms with Crippen molar-refractivity contribution in [3.8, 4) is 22.6 Å². The Morgan fingerprint density at radius 3 is 2.14 bits per heavy atom. The number of ether oxygens (including phenoxy) is 3. The minimum Gasteiger partial charge on any atom is -0.484 e. The van der Waals surface area contributed by atoms with Crippen molar-refractivity contribution in [2.45, 2.75) is 25.8 Å². The lowest BCUT2D eigenvalue weighted by Gasteiger charge is -2.19. The largest absolute Gasteiger partial charge is 0.484 e. The van der Waals surface area contributed by atoms with Crippen LogP contribution in [0.15, 0.2) is 84.9 Å². The fourth-order valence-electron chi connectivity index (χ4n) is 4.15. The van der Waals surface area contributed by atoms with Gasteiger partial charge in [0.15, 0.2) is 18.2 Å². The first-order valence-electron chi connectivity index (χ1n) is 13.0. The molecule has 0 aromatic heterocycles. The van der Waals surface area contributed by atoms with Crippen LogP contribution in [0.25, 0.3) is 17.2 Å². The number of carbonyl (C=O) groups excluding carboxylic acids is 1. The van der Waals surface area contributed by atoms with E-state index in [4.69, 9.17) is 16.2 Å². The van der Waals surface area contributed by atoms with Gasteiger partial charge in [-0.1, -0.05) is 24.3 Å². The number of esters is 1. The van der Waals surface area contributed by atoms with Crippen molar-refractivity contribution in [2.24, 2.45) is 0 Å². The lowest BCUT2D eigenvalue weighted by atomic mass is 9.95. The SMILES string of the molecule is Cc1cc(N)ccc1-c1ccc(N)cc1COC(=O)/C=C/c1ccc(C(F)(F)Oc2ccc(OCC(F)(F)F)cc2F)cc1. The van der Waals surface area contributed by atoms with Crippen LogP contribution in [-0.2, 0) is 22.2 Å².